The maximum Gasteiger partial charge on any atom is 0.410 e. The van der Waals surface area contributed by atoms with E-state index in [0.29, 0.717) is 43.5 Å². The number of hydrogen-bond acceptors (Lipinski definition) is 7. The number of aromatic amines is 1. The number of hydrogen-bond donors (Lipinski definition) is 4. The topological polar surface area (TPSA) is 142 Å². The number of carbonyl (C=O) groups excluding carboxylic acids is 2. The highest BCUT2D eigenvalue weighted by Crippen LogP contribution is 2.29. The summed E-state index contributed by atoms with van der Waals surface area (Å²) < 4.78 is 5.51. The second-order valence-corrected chi connectivity index (χ2v) is 9.13. The van der Waals surface area contributed by atoms with Crippen molar-refractivity contribution in [2.24, 2.45) is 5.92 Å². The maximum atomic E-state index is 13.0. The van der Waals surface area contributed by atoms with Crippen molar-refractivity contribution in [3.63, 3.8) is 0 Å². The van der Waals surface area contributed by atoms with Crippen molar-refractivity contribution in [1.82, 2.24) is 25.0 Å². The van der Waals surface area contributed by atoms with Crippen LogP contribution < -0.4 is 16.4 Å². The molecule has 5 N–H and O–H groups in total. The number of pyridine rings is 1. The van der Waals surface area contributed by atoms with Gasteiger partial charge in [0.15, 0.2) is 5.82 Å². The standard InChI is InChI=1S/C22H34N8O3/c1-5-29(13-15-8-7-11-30(14-15)21(32)33-22(2,3)4)20(31)26-19-17(18(23)27-28-19)25-16-9-6-10-24-12-16/h6,9-10,12,15,25H,5,7-8,11,13-14H2,1-4H3,(H4,23,26,27,28,31). The zero-order chi connectivity index (χ0) is 24.0. The smallest absolute Gasteiger partial charge is 0.410 e. The largest absolute Gasteiger partial charge is 0.444 e. The molecular formula is C22H34N8O3. The van der Waals surface area contributed by atoms with Crippen LogP contribution in [0.5, 0.6) is 0 Å². The lowest BCUT2D eigenvalue weighted by atomic mass is 9.98. The van der Waals surface area contributed by atoms with Gasteiger partial charge in [-0.25, -0.2) is 9.59 Å². The summed E-state index contributed by atoms with van der Waals surface area (Å²) in [5.74, 6) is 0.769. The fourth-order valence-electron chi connectivity index (χ4n) is 3.71. The molecule has 11 heteroatoms. The van der Waals surface area contributed by atoms with E-state index in [9.17, 15) is 9.59 Å². The number of aromatic nitrogens is 3. The van der Waals surface area contributed by atoms with Gasteiger partial charge in [0.2, 0.25) is 0 Å². The third-order valence-electron chi connectivity index (χ3n) is 5.27. The van der Waals surface area contributed by atoms with E-state index in [4.69, 9.17) is 10.5 Å². The normalized spacial score (nSPS) is 16.2. The van der Waals surface area contributed by atoms with Gasteiger partial charge in [0.05, 0.1) is 11.9 Å². The number of nitrogen functional groups attached to an aromatic ring is 1. The predicted octanol–water partition coefficient (Wildman–Crippen LogP) is 3.63. The summed E-state index contributed by atoms with van der Waals surface area (Å²) in [7, 11) is 0. The van der Waals surface area contributed by atoms with E-state index in [1.807, 2.05) is 33.8 Å². The van der Waals surface area contributed by atoms with Gasteiger partial charge in [-0.1, -0.05) is 0 Å². The van der Waals surface area contributed by atoms with Crippen molar-refractivity contribution < 1.29 is 14.3 Å². The molecule has 3 rings (SSSR count). The first-order valence-corrected chi connectivity index (χ1v) is 11.2. The van der Waals surface area contributed by atoms with Crippen molar-refractivity contribution >= 4 is 35.1 Å². The zero-order valence-electron chi connectivity index (χ0n) is 19.7. The Morgan fingerprint density at radius 2 is 2.18 bits per heavy atom. The van der Waals surface area contributed by atoms with E-state index >= 15 is 0 Å². The van der Waals surface area contributed by atoms with Crippen LogP contribution >= 0.6 is 0 Å². The Bertz CT molecular complexity index is 941. The van der Waals surface area contributed by atoms with Crippen molar-refractivity contribution in [3.05, 3.63) is 24.5 Å². The van der Waals surface area contributed by atoms with Gasteiger partial charge in [0.25, 0.3) is 0 Å². The van der Waals surface area contributed by atoms with Gasteiger partial charge < -0.3 is 25.6 Å². The summed E-state index contributed by atoms with van der Waals surface area (Å²) >= 11 is 0. The number of nitrogens with zero attached hydrogens (tertiary/aromatic N) is 4. The minimum Gasteiger partial charge on any atom is -0.444 e. The monoisotopic (exact) mass is 458 g/mol. The SMILES string of the molecule is CCN(CC1CCCN(C(=O)OC(C)(C)C)C1)C(=O)Nc1n[nH]c(N)c1Nc1cccnc1. The van der Waals surface area contributed by atoms with E-state index in [1.165, 1.54) is 0 Å². The molecule has 2 aromatic heterocycles. The quantitative estimate of drug-likeness (QED) is 0.518. The van der Waals surface area contributed by atoms with E-state index < -0.39 is 5.60 Å². The average molecular weight is 459 g/mol. The van der Waals surface area contributed by atoms with Crippen LogP contribution in [0.15, 0.2) is 24.5 Å². The van der Waals surface area contributed by atoms with Gasteiger partial charge >= 0.3 is 12.1 Å². The molecule has 1 fully saturated rings. The average Bonchev–Trinajstić information content (AvgIpc) is 3.10. The summed E-state index contributed by atoms with van der Waals surface area (Å²) in [4.78, 5) is 33.0. The van der Waals surface area contributed by atoms with E-state index in [-0.39, 0.29) is 18.0 Å². The number of urea groups is 1. The number of amides is 3. The molecule has 1 saturated heterocycles. The molecule has 33 heavy (non-hydrogen) atoms. The van der Waals surface area contributed by atoms with Crippen LogP contribution in [0.25, 0.3) is 0 Å². The third-order valence-corrected chi connectivity index (χ3v) is 5.27. The van der Waals surface area contributed by atoms with Crippen LogP contribution in [-0.2, 0) is 4.74 Å². The molecule has 0 radical (unpaired) electrons. The zero-order valence-corrected chi connectivity index (χ0v) is 19.7. The minimum absolute atomic E-state index is 0.161. The molecule has 1 atom stereocenters. The Labute approximate surface area is 194 Å². The van der Waals surface area contributed by atoms with Crippen LogP contribution in [0.1, 0.15) is 40.5 Å². The highest BCUT2D eigenvalue weighted by molar-refractivity contribution is 5.94. The number of piperidine rings is 1. The number of carbonyl (C=O) groups is 2. The van der Waals surface area contributed by atoms with Crippen LogP contribution in [0.2, 0.25) is 0 Å². The second kappa shape index (κ2) is 10.4. The van der Waals surface area contributed by atoms with Crippen LogP contribution in [0, 0.1) is 5.92 Å². The van der Waals surface area contributed by atoms with E-state index in [1.54, 1.807) is 28.3 Å². The summed E-state index contributed by atoms with van der Waals surface area (Å²) in [6.45, 7) is 9.74. The molecule has 0 bridgehead atoms. The highest BCUT2D eigenvalue weighted by Gasteiger charge is 2.29. The first-order chi connectivity index (χ1) is 15.7. The molecule has 11 nitrogen and oxygen atoms in total. The van der Waals surface area contributed by atoms with Crippen molar-refractivity contribution in [2.45, 2.75) is 46.1 Å². The maximum absolute atomic E-state index is 13.0. The number of nitrogens with one attached hydrogen (secondary N) is 3. The van der Waals surface area contributed by atoms with E-state index in [2.05, 4.69) is 25.8 Å². The Hall–Kier alpha value is -3.50. The van der Waals surface area contributed by atoms with Gasteiger partial charge in [-0.05, 0) is 58.6 Å². The fraction of sp³-hybridized carbons (Fsp3) is 0.545. The number of H-pyrrole nitrogens is 1. The number of ether oxygens (including phenoxy) is 1. The summed E-state index contributed by atoms with van der Waals surface area (Å²) in [6, 6.07) is 3.34. The van der Waals surface area contributed by atoms with Crippen LogP contribution in [0.4, 0.5) is 32.6 Å². The van der Waals surface area contributed by atoms with Crippen LogP contribution in [-0.4, -0.2) is 68.9 Å². The number of likely N-dealkylation sites (tertiary alicyclic amines) is 1. The number of rotatable bonds is 6. The molecule has 0 aliphatic carbocycles. The van der Waals surface area contributed by atoms with Gasteiger partial charge in [0, 0.05) is 32.4 Å². The summed E-state index contributed by atoms with van der Waals surface area (Å²) in [5, 5.41) is 12.8. The van der Waals surface area contributed by atoms with Crippen LogP contribution in [0.3, 0.4) is 0 Å². The lowest BCUT2D eigenvalue weighted by Gasteiger charge is -2.36. The minimum atomic E-state index is -0.535. The molecule has 3 amide bonds. The van der Waals surface area contributed by atoms with Gasteiger partial charge in [-0.2, -0.15) is 5.10 Å². The lowest BCUT2D eigenvalue weighted by Crippen LogP contribution is -2.47. The Morgan fingerprint density at radius 1 is 1.39 bits per heavy atom. The number of anilines is 4. The van der Waals surface area contributed by atoms with Gasteiger partial charge in [-0.15, -0.1) is 0 Å². The highest BCUT2D eigenvalue weighted by atomic mass is 16.6. The molecule has 0 spiro atoms. The molecule has 3 heterocycles. The molecule has 1 aliphatic rings. The van der Waals surface area contributed by atoms with Crippen molar-refractivity contribution in [2.75, 3.05) is 42.5 Å². The first-order valence-electron chi connectivity index (χ1n) is 11.2. The molecule has 1 unspecified atom stereocenters. The molecule has 1 aliphatic heterocycles. The fourth-order valence-corrected chi connectivity index (χ4v) is 3.71. The Morgan fingerprint density at radius 3 is 2.85 bits per heavy atom. The third kappa shape index (κ3) is 6.74. The molecule has 180 valence electrons. The Balaban J connectivity index is 1.61. The van der Waals surface area contributed by atoms with Crippen molar-refractivity contribution in [3.8, 4) is 0 Å². The first kappa shape index (κ1) is 24.1. The molecule has 2 aromatic rings. The summed E-state index contributed by atoms with van der Waals surface area (Å²) in [6.07, 6.45) is 4.82. The van der Waals surface area contributed by atoms with Gasteiger partial charge in [0.1, 0.15) is 17.1 Å². The van der Waals surface area contributed by atoms with Gasteiger partial charge in [-0.3, -0.25) is 15.4 Å². The van der Waals surface area contributed by atoms with Crippen molar-refractivity contribution in [1.29, 1.82) is 0 Å². The summed E-state index contributed by atoms with van der Waals surface area (Å²) in [5.41, 5.74) is 6.65. The Kier molecular flexibility index (Phi) is 7.62. The number of nitrogens with two attached hydrogens (primary N) is 1. The second-order valence-electron chi connectivity index (χ2n) is 9.13. The molecular weight excluding hydrogens is 424 g/mol. The predicted molar refractivity (Wildman–Crippen MR) is 127 cm³/mol. The molecule has 0 aromatic carbocycles. The van der Waals surface area contributed by atoms with E-state index in [0.717, 1.165) is 18.5 Å². The lowest BCUT2D eigenvalue weighted by molar-refractivity contribution is 0.0154. The molecule has 0 saturated carbocycles.